The van der Waals surface area contributed by atoms with Crippen LogP contribution in [0.5, 0.6) is 5.75 Å². The SMILES string of the molecule is COc1cc(C(N)=S)ccc1NS(=O)(=O)C1CCCC1. The quantitative estimate of drug-likeness (QED) is 0.813. The van der Waals surface area contributed by atoms with Gasteiger partial charge in [-0.1, -0.05) is 25.1 Å². The van der Waals surface area contributed by atoms with Crippen molar-refractivity contribution >= 4 is 32.9 Å². The van der Waals surface area contributed by atoms with E-state index < -0.39 is 10.0 Å². The molecule has 0 radical (unpaired) electrons. The third-order valence-corrected chi connectivity index (χ3v) is 5.57. The fraction of sp³-hybridized carbons (Fsp3) is 0.462. The summed E-state index contributed by atoms with van der Waals surface area (Å²) in [6, 6.07) is 4.94. The van der Waals surface area contributed by atoms with E-state index in [0.29, 0.717) is 29.8 Å². The number of nitrogens with two attached hydrogens (primary N) is 1. The molecule has 1 saturated carbocycles. The van der Waals surface area contributed by atoms with Crippen molar-refractivity contribution in [3.8, 4) is 5.75 Å². The second-order valence-electron chi connectivity index (χ2n) is 4.83. The van der Waals surface area contributed by atoms with Gasteiger partial charge in [0.1, 0.15) is 10.7 Å². The van der Waals surface area contributed by atoms with Crippen LogP contribution in [-0.2, 0) is 10.0 Å². The van der Waals surface area contributed by atoms with Crippen LogP contribution in [0.25, 0.3) is 0 Å². The fourth-order valence-electron chi connectivity index (χ4n) is 2.36. The first-order chi connectivity index (χ1) is 9.44. The molecule has 0 aliphatic heterocycles. The van der Waals surface area contributed by atoms with E-state index in [-0.39, 0.29) is 10.2 Å². The van der Waals surface area contributed by atoms with E-state index in [1.807, 2.05) is 0 Å². The van der Waals surface area contributed by atoms with Crippen LogP contribution < -0.4 is 15.2 Å². The van der Waals surface area contributed by atoms with Crippen molar-refractivity contribution in [2.24, 2.45) is 5.73 Å². The number of anilines is 1. The van der Waals surface area contributed by atoms with Gasteiger partial charge in [-0.25, -0.2) is 8.42 Å². The first-order valence-corrected chi connectivity index (χ1v) is 8.39. The van der Waals surface area contributed by atoms with Crippen molar-refractivity contribution in [2.45, 2.75) is 30.9 Å². The number of ether oxygens (including phenoxy) is 1. The van der Waals surface area contributed by atoms with Crippen LogP contribution in [-0.4, -0.2) is 25.8 Å². The molecule has 1 aliphatic carbocycles. The van der Waals surface area contributed by atoms with Crippen LogP contribution in [0.4, 0.5) is 5.69 Å². The maximum atomic E-state index is 12.3. The lowest BCUT2D eigenvalue weighted by Crippen LogP contribution is -2.25. The molecule has 0 aromatic heterocycles. The minimum Gasteiger partial charge on any atom is -0.495 e. The molecule has 3 N–H and O–H groups in total. The van der Waals surface area contributed by atoms with Crippen molar-refractivity contribution < 1.29 is 13.2 Å². The first-order valence-electron chi connectivity index (χ1n) is 6.43. The van der Waals surface area contributed by atoms with E-state index in [2.05, 4.69) is 4.72 Å². The monoisotopic (exact) mass is 314 g/mol. The van der Waals surface area contributed by atoms with Gasteiger partial charge in [0.05, 0.1) is 18.0 Å². The number of rotatable bonds is 5. The third kappa shape index (κ3) is 3.21. The number of nitrogens with one attached hydrogen (secondary N) is 1. The second kappa shape index (κ2) is 5.97. The summed E-state index contributed by atoms with van der Waals surface area (Å²) in [5.74, 6) is 0.414. The smallest absolute Gasteiger partial charge is 0.235 e. The Labute approximate surface area is 124 Å². The molecule has 7 heteroatoms. The highest BCUT2D eigenvalue weighted by Gasteiger charge is 2.29. The molecule has 1 aromatic rings. The van der Waals surface area contributed by atoms with Crippen LogP contribution >= 0.6 is 12.2 Å². The molecule has 1 aliphatic rings. The van der Waals surface area contributed by atoms with Crippen LogP contribution in [0.2, 0.25) is 0 Å². The molecule has 5 nitrogen and oxygen atoms in total. The van der Waals surface area contributed by atoms with Gasteiger partial charge in [-0.3, -0.25) is 4.72 Å². The number of thiocarbonyl (C=S) groups is 1. The number of methoxy groups -OCH3 is 1. The minimum absolute atomic E-state index is 0.244. The first kappa shape index (κ1) is 15.1. The lowest BCUT2D eigenvalue weighted by atomic mass is 10.2. The lowest BCUT2D eigenvalue weighted by molar-refractivity contribution is 0.417. The van der Waals surface area contributed by atoms with Crippen LogP contribution in [0.3, 0.4) is 0 Å². The molecule has 1 fully saturated rings. The molecule has 0 heterocycles. The highest BCUT2D eigenvalue weighted by atomic mass is 32.2. The Morgan fingerprint density at radius 3 is 2.60 bits per heavy atom. The molecule has 0 saturated heterocycles. The van der Waals surface area contributed by atoms with Gasteiger partial charge in [-0.2, -0.15) is 0 Å². The highest BCUT2D eigenvalue weighted by molar-refractivity contribution is 7.93. The van der Waals surface area contributed by atoms with E-state index in [0.717, 1.165) is 12.8 Å². The van der Waals surface area contributed by atoms with Crippen molar-refractivity contribution in [3.05, 3.63) is 23.8 Å². The highest BCUT2D eigenvalue weighted by Crippen LogP contribution is 2.30. The summed E-state index contributed by atoms with van der Waals surface area (Å²) in [6.45, 7) is 0. The Kier molecular flexibility index (Phi) is 4.49. The Hall–Kier alpha value is -1.34. The number of benzene rings is 1. The molecule has 0 amide bonds. The Morgan fingerprint density at radius 1 is 1.40 bits per heavy atom. The van der Waals surface area contributed by atoms with E-state index in [1.165, 1.54) is 7.11 Å². The molecule has 0 unspecified atom stereocenters. The van der Waals surface area contributed by atoms with E-state index in [9.17, 15) is 8.42 Å². The normalized spacial score (nSPS) is 16.1. The van der Waals surface area contributed by atoms with Gasteiger partial charge < -0.3 is 10.5 Å². The number of sulfonamides is 1. The average Bonchev–Trinajstić information content (AvgIpc) is 2.93. The predicted molar refractivity (Wildman–Crippen MR) is 83.7 cm³/mol. The predicted octanol–water partition coefficient (Wildman–Crippen LogP) is 2.01. The molecule has 110 valence electrons. The maximum absolute atomic E-state index is 12.3. The Morgan fingerprint density at radius 2 is 2.05 bits per heavy atom. The molecule has 0 atom stereocenters. The second-order valence-corrected chi connectivity index (χ2v) is 7.23. The molecule has 0 spiro atoms. The van der Waals surface area contributed by atoms with Gasteiger partial charge >= 0.3 is 0 Å². The summed E-state index contributed by atoms with van der Waals surface area (Å²) < 4.78 is 32.4. The Balaban J connectivity index is 2.26. The summed E-state index contributed by atoms with van der Waals surface area (Å²) >= 11 is 4.89. The largest absolute Gasteiger partial charge is 0.495 e. The standard InChI is InChI=1S/C13H18N2O3S2/c1-18-12-8-9(13(14)19)6-7-11(12)15-20(16,17)10-4-2-3-5-10/h6-8,10,15H,2-5H2,1H3,(H2,14,19). The minimum atomic E-state index is -3.37. The molecule has 2 rings (SSSR count). The van der Waals surface area contributed by atoms with Crippen molar-refractivity contribution in [3.63, 3.8) is 0 Å². The van der Waals surface area contributed by atoms with Gasteiger partial charge in [0.15, 0.2) is 0 Å². The zero-order valence-corrected chi connectivity index (χ0v) is 12.9. The van der Waals surface area contributed by atoms with Gasteiger partial charge in [-0.15, -0.1) is 0 Å². The molecule has 20 heavy (non-hydrogen) atoms. The maximum Gasteiger partial charge on any atom is 0.235 e. The van der Waals surface area contributed by atoms with Crippen LogP contribution in [0.15, 0.2) is 18.2 Å². The molecular weight excluding hydrogens is 296 g/mol. The molecular formula is C13H18N2O3S2. The third-order valence-electron chi connectivity index (χ3n) is 3.48. The van der Waals surface area contributed by atoms with Gasteiger partial charge in [0, 0.05) is 5.56 Å². The molecule has 0 bridgehead atoms. The van der Waals surface area contributed by atoms with Gasteiger partial charge in [-0.05, 0) is 31.0 Å². The topological polar surface area (TPSA) is 81.4 Å². The zero-order chi connectivity index (χ0) is 14.8. The van der Waals surface area contributed by atoms with Crippen LogP contribution in [0, 0.1) is 0 Å². The van der Waals surface area contributed by atoms with Crippen molar-refractivity contribution in [2.75, 3.05) is 11.8 Å². The van der Waals surface area contributed by atoms with Gasteiger partial charge in [0.2, 0.25) is 10.0 Å². The summed E-state index contributed by atoms with van der Waals surface area (Å²) in [5, 5.41) is -0.317. The fourth-order valence-corrected chi connectivity index (χ4v) is 4.09. The summed E-state index contributed by atoms with van der Waals surface area (Å²) in [7, 11) is -1.89. The van der Waals surface area contributed by atoms with E-state index >= 15 is 0 Å². The average molecular weight is 314 g/mol. The summed E-state index contributed by atoms with van der Waals surface area (Å²) in [4.78, 5) is 0.244. The van der Waals surface area contributed by atoms with Crippen LogP contribution in [0.1, 0.15) is 31.2 Å². The lowest BCUT2D eigenvalue weighted by Gasteiger charge is -2.16. The van der Waals surface area contributed by atoms with Gasteiger partial charge in [0.25, 0.3) is 0 Å². The van der Waals surface area contributed by atoms with Crippen molar-refractivity contribution in [1.82, 2.24) is 0 Å². The van der Waals surface area contributed by atoms with E-state index in [1.54, 1.807) is 18.2 Å². The van der Waals surface area contributed by atoms with E-state index in [4.69, 9.17) is 22.7 Å². The Bertz CT molecular complexity index is 608. The van der Waals surface area contributed by atoms with Crippen molar-refractivity contribution in [1.29, 1.82) is 0 Å². The molecule has 1 aromatic carbocycles. The zero-order valence-electron chi connectivity index (χ0n) is 11.3. The number of hydrogen-bond acceptors (Lipinski definition) is 4. The summed E-state index contributed by atoms with van der Waals surface area (Å²) in [5.41, 5.74) is 6.61. The summed E-state index contributed by atoms with van der Waals surface area (Å²) in [6.07, 6.45) is 3.34. The number of hydrogen-bond donors (Lipinski definition) is 2.